The molecule has 0 N–H and O–H groups in total. The monoisotopic (exact) mass is 356 g/mol. The van der Waals surface area contributed by atoms with Crippen LogP contribution in [0.15, 0.2) is 49.1 Å². The minimum absolute atomic E-state index is 0.242. The lowest BCUT2D eigenvalue weighted by Gasteiger charge is -2.32. The van der Waals surface area contributed by atoms with Crippen molar-refractivity contribution in [3.05, 3.63) is 49.1 Å². The minimum Gasteiger partial charge on any atom is -0.380 e. The highest BCUT2D eigenvalue weighted by atomic mass is 16.5. The Morgan fingerprint density at radius 1 is 1.12 bits per heavy atom. The highest BCUT2D eigenvalue weighted by molar-refractivity contribution is 5.16. The first-order chi connectivity index (χ1) is 12.8. The molecule has 0 bridgehead atoms. The first-order valence-electron chi connectivity index (χ1n) is 10.9. The van der Waals surface area contributed by atoms with Crippen LogP contribution in [0.3, 0.4) is 0 Å². The molecule has 0 aromatic heterocycles. The van der Waals surface area contributed by atoms with Crippen LogP contribution in [0.5, 0.6) is 0 Å². The highest BCUT2D eigenvalue weighted by Crippen LogP contribution is 2.37. The molecule has 0 aromatic rings. The summed E-state index contributed by atoms with van der Waals surface area (Å²) in [5.74, 6) is 1.90. The van der Waals surface area contributed by atoms with Crippen LogP contribution >= 0.6 is 0 Å². The van der Waals surface area contributed by atoms with Gasteiger partial charge in [-0.05, 0) is 57.3 Å². The van der Waals surface area contributed by atoms with E-state index in [4.69, 9.17) is 4.74 Å². The van der Waals surface area contributed by atoms with Gasteiger partial charge in [-0.15, -0.1) is 6.58 Å². The van der Waals surface area contributed by atoms with E-state index in [0.29, 0.717) is 0 Å². The highest BCUT2D eigenvalue weighted by Gasteiger charge is 2.27. The molecule has 26 heavy (non-hydrogen) atoms. The average Bonchev–Trinajstić information content (AvgIpc) is 2.67. The van der Waals surface area contributed by atoms with Crippen molar-refractivity contribution in [1.29, 1.82) is 0 Å². The third-order valence-corrected chi connectivity index (χ3v) is 6.28. The summed E-state index contributed by atoms with van der Waals surface area (Å²) in [6, 6.07) is 0. The van der Waals surface area contributed by atoms with Crippen molar-refractivity contribution in [3.63, 3.8) is 0 Å². The molecule has 2 aliphatic carbocycles. The zero-order chi connectivity index (χ0) is 18.5. The number of unbranched alkanes of at least 4 members (excludes halogenated alkanes) is 1. The predicted octanol–water partition coefficient (Wildman–Crippen LogP) is 7.41. The summed E-state index contributed by atoms with van der Waals surface area (Å²) in [7, 11) is 0. The van der Waals surface area contributed by atoms with E-state index in [-0.39, 0.29) is 5.41 Å². The molecule has 1 saturated carbocycles. The van der Waals surface area contributed by atoms with Crippen LogP contribution < -0.4 is 0 Å². The maximum Gasteiger partial charge on any atom is 0.0560 e. The molecule has 0 spiro atoms. The van der Waals surface area contributed by atoms with E-state index < -0.39 is 0 Å². The van der Waals surface area contributed by atoms with Gasteiger partial charge in [-0.3, -0.25) is 0 Å². The fourth-order valence-electron chi connectivity index (χ4n) is 4.57. The lowest BCUT2D eigenvalue weighted by molar-refractivity contribution is 0.0650. The van der Waals surface area contributed by atoms with E-state index in [1.807, 2.05) is 0 Å². The molecule has 1 nitrogen and oxygen atoms in total. The van der Waals surface area contributed by atoms with Crippen LogP contribution in [-0.2, 0) is 4.74 Å². The zero-order valence-electron chi connectivity index (χ0n) is 17.0. The topological polar surface area (TPSA) is 9.23 Å². The molecular weight excluding hydrogens is 316 g/mol. The summed E-state index contributed by atoms with van der Waals surface area (Å²) in [5, 5.41) is 0. The first-order valence-corrected chi connectivity index (χ1v) is 10.9. The van der Waals surface area contributed by atoms with Gasteiger partial charge >= 0.3 is 0 Å². The van der Waals surface area contributed by atoms with Crippen LogP contribution in [-0.4, -0.2) is 13.2 Å². The van der Waals surface area contributed by atoms with Crippen LogP contribution in [0.4, 0.5) is 0 Å². The molecule has 1 fully saturated rings. The maximum atomic E-state index is 6.02. The van der Waals surface area contributed by atoms with E-state index >= 15 is 0 Å². The number of ether oxygens (including phenoxy) is 1. The summed E-state index contributed by atoms with van der Waals surface area (Å²) in [5.41, 5.74) is 0.242. The van der Waals surface area contributed by atoms with Gasteiger partial charge in [0.1, 0.15) is 0 Å². The normalized spacial score (nSPS) is 28.7. The lowest BCUT2D eigenvalue weighted by Crippen LogP contribution is -2.26. The third-order valence-electron chi connectivity index (χ3n) is 6.28. The van der Waals surface area contributed by atoms with Crippen molar-refractivity contribution in [2.45, 2.75) is 77.6 Å². The maximum absolute atomic E-state index is 6.02. The van der Waals surface area contributed by atoms with Crippen LogP contribution in [0.2, 0.25) is 0 Å². The van der Waals surface area contributed by atoms with Gasteiger partial charge in [0.05, 0.1) is 13.2 Å². The molecule has 0 aliphatic heterocycles. The molecule has 1 unspecified atom stereocenters. The van der Waals surface area contributed by atoms with E-state index in [0.717, 1.165) is 37.9 Å². The number of allylic oxidation sites excluding steroid dienone is 5. The van der Waals surface area contributed by atoms with Crippen LogP contribution in [0.25, 0.3) is 0 Å². The summed E-state index contributed by atoms with van der Waals surface area (Å²) in [6.45, 7) is 7.69. The summed E-state index contributed by atoms with van der Waals surface area (Å²) >= 11 is 0. The molecule has 0 saturated heterocycles. The van der Waals surface area contributed by atoms with Gasteiger partial charge in [-0.1, -0.05) is 74.6 Å². The average molecular weight is 357 g/mol. The molecule has 1 heteroatoms. The summed E-state index contributed by atoms with van der Waals surface area (Å²) in [6.07, 6.45) is 30.1. The van der Waals surface area contributed by atoms with Gasteiger partial charge in [-0.2, -0.15) is 0 Å². The molecule has 0 heterocycles. The fraction of sp³-hybridized carbons (Fsp3) is 0.680. The van der Waals surface area contributed by atoms with Gasteiger partial charge in [-0.25, -0.2) is 0 Å². The third kappa shape index (κ3) is 7.66. The Kier molecular flexibility index (Phi) is 10.1. The fourth-order valence-corrected chi connectivity index (χ4v) is 4.57. The summed E-state index contributed by atoms with van der Waals surface area (Å²) < 4.78 is 6.02. The largest absolute Gasteiger partial charge is 0.380 e. The Bertz CT molecular complexity index is 465. The molecule has 1 atom stereocenters. The second-order valence-corrected chi connectivity index (χ2v) is 8.42. The predicted molar refractivity (Wildman–Crippen MR) is 114 cm³/mol. The molecule has 2 rings (SSSR count). The van der Waals surface area contributed by atoms with Gasteiger partial charge in [0.15, 0.2) is 0 Å². The molecule has 0 amide bonds. The van der Waals surface area contributed by atoms with E-state index in [2.05, 4.69) is 56.0 Å². The second-order valence-electron chi connectivity index (χ2n) is 8.42. The Morgan fingerprint density at radius 3 is 2.62 bits per heavy atom. The van der Waals surface area contributed by atoms with E-state index in [1.54, 1.807) is 0 Å². The van der Waals surface area contributed by atoms with Gasteiger partial charge in [0, 0.05) is 5.41 Å². The number of rotatable bonds is 12. The van der Waals surface area contributed by atoms with Crippen LogP contribution in [0.1, 0.15) is 77.6 Å². The van der Waals surface area contributed by atoms with Crippen molar-refractivity contribution in [3.8, 4) is 0 Å². The zero-order valence-corrected chi connectivity index (χ0v) is 17.0. The van der Waals surface area contributed by atoms with Gasteiger partial charge in [0.25, 0.3) is 0 Å². The van der Waals surface area contributed by atoms with Crippen LogP contribution in [0, 0.1) is 17.3 Å². The second kappa shape index (κ2) is 12.3. The minimum atomic E-state index is 0.242. The lowest BCUT2D eigenvalue weighted by atomic mass is 9.76. The van der Waals surface area contributed by atoms with Crippen molar-refractivity contribution in [2.75, 3.05) is 13.2 Å². The molecule has 0 aromatic carbocycles. The molecule has 146 valence electrons. The van der Waals surface area contributed by atoms with E-state index in [1.165, 1.54) is 57.8 Å². The Labute approximate surface area is 162 Å². The van der Waals surface area contributed by atoms with Crippen molar-refractivity contribution < 1.29 is 4.74 Å². The quantitative estimate of drug-likeness (QED) is 0.261. The van der Waals surface area contributed by atoms with Crippen molar-refractivity contribution >= 4 is 0 Å². The van der Waals surface area contributed by atoms with E-state index in [9.17, 15) is 0 Å². The Balaban J connectivity index is 1.65. The number of hydrogen-bond donors (Lipinski definition) is 0. The van der Waals surface area contributed by atoms with Gasteiger partial charge in [0.2, 0.25) is 0 Å². The van der Waals surface area contributed by atoms with Crippen molar-refractivity contribution in [1.82, 2.24) is 0 Å². The standard InChI is InChI=1S/C25H40O/c1-3-5-11-21-26-22-25(18-8-6-9-19-25)20-10-7-13-24-16-14-23(12-4-2)15-17-24/h3-6,8-9,18,23-24H,2,7,10-17,19-22H2,1H3. The summed E-state index contributed by atoms with van der Waals surface area (Å²) in [4.78, 5) is 0. The van der Waals surface area contributed by atoms with Gasteiger partial charge < -0.3 is 4.74 Å². The number of hydrogen-bond acceptors (Lipinski definition) is 1. The molecule has 0 radical (unpaired) electrons. The first kappa shape index (κ1) is 21.2. The molecular formula is C25H40O. The van der Waals surface area contributed by atoms with Crippen molar-refractivity contribution in [2.24, 2.45) is 17.3 Å². The smallest absolute Gasteiger partial charge is 0.0560 e. The Hall–Kier alpha value is -1.08. The molecule has 2 aliphatic rings. The Morgan fingerprint density at radius 2 is 1.92 bits per heavy atom. The SMILES string of the molecule is C=CCC1CCC(CCCCC2(COCCC=CC)C=CC=CC2)CC1.